The Hall–Kier alpha value is -1.84. The Kier molecular flexibility index (Phi) is 4.53. The molecule has 0 unspecified atom stereocenters. The van der Waals surface area contributed by atoms with Crippen LogP contribution in [0, 0.1) is 18.8 Å². The molecule has 0 radical (unpaired) electrons. The molecule has 0 aromatic heterocycles. The van der Waals surface area contributed by atoms with Crippen LogP contribution in [0.4, 0.5) is 0 Å². The average molecular weight is 336 g/mol. The molecule has 2 fully saturated rings. The summed E-state index contributed by atoms with van der Waals surface area (Å²) >= 11 is 0. The summed E-state index contributed by atoms with van der Waals surface area (Å²) < 4.78 is 5.32. The molecule has 0 N–H and O–H groups in total. The van der Waals surface area contributed by atoms with Gasteiger partial charge in [-0.3, -0.25) is 9.80 Å². The lowest BCUT2D eigenvalue weighted by molar-refractivity contribution is 0.224. The maximum Gasteiger partial charge on any atom is 0.118 e. The van der Waals surface area contributed by atoms with Crippen molar-refractivity contribution in [3.8, 4) is 5.75 Å². The Morgan fingerprint density at radius 2 is 1.68 bits per heavy atom. The van der Waals surface area contributed by atoms with Gasteiger partial charge in [0.2, 0.25) is 0 Å². The van der Waals surface area contributed by atoms with E-state index in [-0.39, 0.29) is 0 Å². The number of nitrogens with zero attached hydrogens (tertiary/aromatic N) is 2. The monoisotopic (exact) mass is 336 g/mol. The van der Waals surface area contributed by atoms with E-state index in [1.54, 1.807) is 7.11 Å². The van der Waals surface area contributed by atoms with Gasteiger partial charge in [-0.2, -0.15) is 0 Å². The molecule has 2 aliphatic heterocycles. The third-order valence-electron chi connectivity index (χ3n) is 5.95. The first kappa shape index (κ1) is 16.6. The maximum atomic E-state index is 5.32. The highest BCUT2D eigenvalue weighted by Crippen LogP contribution is 2.44. The smallest absolute Gasteiger partial charge is 0.118 e. The second kappa shape index (κ2) is 6.81. The molecular formula is C22H28N2O. The number of hydrogen-bond acceptors (Lipinski definition) is 3. The van der Waals surface area contributed by atoms with Crippen molar-refractivity contribution in [2.45, 2.75) is 19.5 Å². The third kappa shape index (κ3) is 3.31. The second-order valence-corrected chi connectivity index (χ2v) is 7.76. The van der Waals surface area contributed by atoms with Crippen LogP contribution in [0.2, 0.25) is 0 Å². The first-order valence-corrected chi connectivity index (χ1v) is 9.26. The standard InChI is InChI=1S/C22H28N2O/c1-16-4-6-17(7-5-16)12-24-14-19-13-23(2)22(21(19)15-24)18-8-10-20(25-3)11-9-18/h4-11,19,21-22H,12-15H2,1-3H3/t19-,21+,22-/m0/s1. The predicted molar refractivity (Wildman–Crippen MR) is 102 cm³/mol. The zero-order valence-electron chi connectivity index (χ0n) is 15.5. The Morgan fingerprint density at radius 3 is 2.36 bits per heavy atom. The van der Waals surface area contributed by atoms with Gasteiger partial charge in [-0.25, -0.2) is 0 Å². The maximum absolute atomic E-state index is 5.32. The van der Waals surface area contributed by atoms with E-state index in [0.29, 0.717) is 6.04 Å². The zero-order chi connectivity index (χ0) is 17.4. The molecule has 0 spiro atoms. The predicted octanol–water partition coefficient (Wildman–Crippen LogP) is 3.74. The molecular weight excluding hydrogens is 308 g/mol. The van der Waals surface area contributed by atoms with E-state index >= 15 is 0 Å². The van der Waals surface area contributed by atoms with Crippen molar-refractivity contribution in [1.29, 1.82) is 0 Å². The number of fused-ring (bicyclic) bond motifs is 1. The van der Waals surface area contributed by atoms with Crippen LogP contribution >= 0.6 is 0 Å². The number of methoxy groups -OCH3 is 1. The summed E-state index contributed by atoms with van der Waals surface area (Å²) in [6, 6.07) is 18.2. The molecule has 3 atom stereocenters. The van der Waals surface area contributed by atoms with Crippen LogP contribution in [0.5, 0.6) is 5.75 Å². The topological polar surface area (TPSA) is 15.7 Å². The minimum Gasteiger partial charge on any atom is -0.497 e. The van der Waals surface area contributed by atoms with E-state index in [9.17, 15) is 0 Å². The third-order valence-corrected chi connectivity index (χ3v) is 5.95. The Morgan fingerprint density at radius 1 is 0.960 bits per heavy atom. The van der Waals surface area contributed by atoms with E-state index in [1.165, 1.54) is 36.3 Å². The van der Waals surface area contributed by atoms with Crippen LogP contribution in [0.1, 0.15) is 22.7 Å². The SMILES string of the molecule is COc1ccc([C@H]2[C@@H]3CN(Cc4ccc(C)cc4)C[C@@H]3CN2C)cc1. The Bertz CT molecular complexity index is 710. The lowest BCUT2D eigenvalue weighted by Gasteiger charge is -2.27. The van der Waals surface area contributed by atoms with Gasteiger partial charge in [0.05, 0.1) is 7.11 Å². The Balaban J connectivity index is 1.47. The highest BCUT2D eigenvalue weighted by Gasteiger charge is 2.45. The molecule has 0 bridgehead atoms. The number of rotatable bonds is 4. The van der Waals surface area contributed by atoms with E-state index < -0.39 is 0 Å². The van der Waals surface area contributed by atoms with Crippen molar-refractivity contribution >= 4 is 0 Å². The summed E-state index contributed by atoms with van der Waals surface area (Å²) in [5.74, 6) is 2.44. The molecule has 2 saturated heterocycles. The molecule has 2 aromatic carbocycles. The first-order chi connectivity index (χ1) is 12.1. The molecule has 2 aromatic rings. The second-order valence-electron chi connectivity index (χ2n) is 7.76. The molecule has 0 saturated carbocycles. The van der Waals surface area contributed by atoms with Crippen LogP contribution in [-0.2, 0) is 6.54 Å². The normalized spacial score (nSPS) is 26.8. The highest BCUT2D eigenvalue weighted by molar-refractivity contribution is 5.31. The summed E-state index contributed by atoms with van der Waals surface area (Å²) in [5, 5.41) is 0. The number of ether oxygens (including phenoxy) is 1. The number of hydrogen-bond donors (Lipinski definition) is 0. The minimum absolute atomic E-state index is 0.527. The van der Waals surface area contributed by atoms with Crippen LogP contribution in [0.15, 0.2) is 48.5 Å². The largest absolute Gasteiger partial charge is 0.497 e. The molecule has 25 heavy (non-hydrogen) atoms. The summed E-state index contributed by atoms with van der Waals surface area (Å²) in [4.78, 5) is 5.18. The zero-order valence-corrected chi connectivity index (χ0v) is 15.5. The van der Waals surface area contributed by atoms with Gasteiger partial charge in [0.1, 0.15) is 5.75 Å². The fourth-order valence-corrected chi connectivity index (χ4v) is 4.73. The summed E-state index contributed by atoms with van der Waals surface area (Å²) in [6.45, 7) is 6.84. The van der Waals surface area contributed by atoms with Crippen molar-refractivity contribution in [2.24, 2.45) is 11.8 Å². The van der Waals surface area contributed by atoms with Crippen molar-refractivity contribution in [3.05, 3.63) is 65.2 Å². The van der Waals surface area contributed by atoms with Crippen molar-refractivity contribution < 1.29 is 4.74 Å². The first-order valence-electron chi connectivity index (χ1n) is 9.26. The lowest BCUT2D eigenvalue weighted by atomic mass is 9.89. The molecule has 3 heteroatoms. The number of aryl methyl sites for hydroxylation is 1. The summed E-state index contributed by atoms with van der Waals surface area (Å²) in [5.41, 5.74) is 4.19. The molecule has 2 heterocycles. The van der Waals surface area contributed by atoms with Crippen LogP contribution < -0.4 is 4.74 Å². The molecule has 3 nitrogen and oxygen atoms in total. The molecule has 0 aliphatic carbocycles. The summed E-state index contributed by atoms with van der Waals surface area (Å²) in [6.07, 6.45) is 0. The highest BCUT2D eigenvalue weighted by atomic mass is 16.5. The van der Waals surface area contributed by atoms with Gasteiger partial charge in [0.15, 0.2) is 0 Å². The van der Waals surface area contributed by atoms with E-state index in [0.717, 1.165) is 24.1 Å². The van der Waals surface area contributed by atoms with Crippen molar-refractivity contribution in [3.63, 3.8) is 0 Å². The molecule has 2 aliphatic rings. The minimum atomic E-state index is 0.527. The van der Waals surface area contributed by atoms with Crippen molar-refractivity contribution in [1.82, 2.24) is 9.80 Å². The average Bonchev–Trinajstić information content (AvgIpc) is 3.13. The van der Waals surface area contributed by atoms with Crippen molar-refractivity contribution in [2.75, 3.05) is 33.8 Å². The van der Waals surface area contributed by atoms with Gasteiger partial charge in [-0.05, 0) is 49.1 Å². The van der Waals surface area contributed by atoms with Gasteiger partial charge < -0.3 is 4.74 Å². The van der Waals surface area contributed by atoms with Gasteiger partial charge in [0, 0.05) is 32.2 Å². The quantitative estimate of drug-likeness (QED) is 0.846. The van der Waals surface area contributed by atoms with Crippen LogP contribution in [0.25, 0.3) is 0 Å². The fraction of sp³-hybridized carbons (Fsp3) is 0.455. The number of benzene rings is 2. The lowest BCUT2D eigenvalue weighted by Crippen LogP contribution is -2.28. The van der Waals surface area contributed by atoms with Crippen LogP contribution in [-0.4, -0.2) is 43.6 Å². The van der Waals surface area contributed by atoms with Gasteiger partial charge in [-0.1, -0.05) is 42.0 Å². The Labute approximate surface area is 151 Å². The number of likely N-dealkylation sites (tertiary alicyclic amines) is 2. The molecule has 132 valence electrons. The summed E-state index contributed by atoms with van der Waals surface area (Å²) in [7, 11) is 4.00. The van der Waals surface area contributed by atoms with Crippen LogP contribution in [0.3, 0.4) is 0 Å². The van der Waals surface area contributed by atoms with Gasteiger partial charge in [-0.15, -0.1) is 0 Å². The van der Waals surface area contributed by atoms with E-state index in [2.05, 4.69) is 72.3 Å². The molecule has 0 amide bonds. The van der Waals surface area contributed by atoms with Gasteiger partial charge in [0.25, 0.3) is 0 Å². The van der Waals surface area contributed by atoms with E-state index in [1.807, 2.05) is 0 Å². The van der Waals surface area contributed by atoms with E-state index in [4.69, 9.17) is 4.74 Å². The fourth-order valence-electron chi connectivity index (χ4n) is 4.73. The van der Waals surface area contributed by atoms with Gasteiger partial charge >= 0.3 is 0 Å². The molecule has 4 rings (SSSR count).